The van der Waals surface area contributed by atoms with Crippen LogP contribution in [-0.2, 0) is 16.0 Å². The smallest absolute Gasteiger partial charge is 0.305 e. The summed E-state index contributed by atoms with van der Waals surface area (Å²) in [6.45, 7) is 2.22. The van der Waals surface area contributed by atoms with Gasteiger partial charge in [0.15, 0.2) is 0 Å². The van der Waals surface area contributed by atoms with Gasteiger partial charge in [-0.05, 0) is 11.4 Å². The van der Waals surface area contributed by atoms with E-state index < -0.39 is 0 Å². The van der Waals surface area contributed by atoms with Crippen molar-refractivity contribution in [2.24, 2.45) is 0 Å². The summed E-state index contributed by atoms with van der Waals surface area (Å²) in [6, 6.07) is 1.92. The Balaban J connectivity index is 2.34. The third-order valence-corrected chi connectivity index (χ3v) is 2.77. The zero-order chi connectivity index (χ0) is 10.4. The van der Waals surface area contributed by atoms with E-state index in [1.54, 1.807) is 25.4 Å². The minimum atomic E-state index is -0.152. The van der Waals surface area contributed by atoms with Crippen molar-refractivity contribution in [2.45, 2.75) is 19.8 Å². The predicted molar refractivity (Wildman–Crippen MR) is 55.8 cm³/mol. The molecule has 0 fully saturated rings. The molecule has 4 heteroatoms. The molecule has 0 atom stereocenters. The molecule has 0 spiro atoms. The van der Waals surface area contributed by atoms with E-state index in [1.165, 1.54) is 0 Å². The number of methoxy groups -OCH3 is 1. The van der Waals surface area contributed by atoms with Gasteiger partial charge in [-0.3, -0.25) is 4.79 Å². The van der Waals surface area contributed by atoms with Gasteiger partial charge in [0.25, 0.3) is 0 Å². The number of ether oxygens (including phenoxy) is 2. The number of carbonyl (C=O) groups is 1. The molecule has 1 rings (SSSR count). The molecule has 0 saturated carbocycles. The van der Waals surface area contributed by atoms with Gasteiger partial charge in [0.2, 0.25) is 0 Å². The number of carbonyl (C=O) groups excluding carboxylic acids is 1. The molecule has 0 aliphatic heterocycles. The Morgan fingerprint density at radius 1 is 1.57 bits per heavy atom. The highest BCUT2D eigenvalue weighted by Gasteiger charge is 2.05. The van der Waals surface area contributed by atoms with Gasteiger partial charge in [0, 0.05) is 17.7 Å². The quantitative estimate of drug-likeness (QED) is 0.705. The fourth-order valence-electron chi connectivity index (χ4n) is 1.05. The minimum Gasteiger partial charge on any atom is -0.496 e. The first-order chi connectivity index (χ1) is 6.77. The fourth-order valence-corrected chi connectivity index (χ4v) is 1.88. The highest BCUT2D eigenvalue weighted by Crippen LogP contribution is 2.24. The van der Waals surface area contributed by atoms with E-state index in [9.17, 15) is 4.79 Å². The van der Waals surface area contributed by atoms with Crippen molar-refractivity contribution in [3.05, 3.63) is 16.3 Å². The van der Waals surface area contributed by atoms with Crippen LogP contribution >= 0.6 is 11.3 Å². The van der Waals surface area contributed by atoms with E-state index in [4.69, 9.17) is 9.47 Å². The van der Waals surface area contributed by atoms with Crippen LogP contribution < -0.4 is 4.74 Å². The SMILES string of the molecule is CCC(=O)OCCc1sccc1OC. The van der Waals surface area contributed by atoms with Crippen LogP contribution in [0.2, 0.25) is 0 Å². The van der Waals surface area contributed by atoms with Crippen molar-refractivity contribution in [1.29, 1.82) is 0 Å². The van der Waals surface area contributed by atoms with Crippen molar-refractivity contribution >= 4 is 17.3 Å². The summed E-state index contributed by atoms with van der Waals surface area (Å²) >= 11 is 1.62. The molecule has 0 aliphatic rings. The van der Waals surface area contributed by atoms with Crippen LogP contribution in [0.1, 0.15) is 18.2 Å². The standard InChI is InChI=1S/C10H14O3S/c1-3-10(11)13-6-4-9-8(12-2)5-7-14-9/h5,7H,3-4,6H2,1-2H3. The second kappa shape index (κ2) is 5.65. The highest BCUT2D eigenvalue weighted by atomic mass is 32.1. The molecular weight excluding hydrogens is 200 g/mol. The molecule has 0 N–H and O–H groups in total. The first-order valence-corrected chi connectivity index (χ1v) is 5.41. The van der Waals surface area contributed by atoms with Gasteiger partial charge in [-0.15, -0.1) is 11.3 Å². The molecule has 3 nitrogen and oxygen atoms in total. The topological polar surface area (TPSA) is 35.5 Å². The van der Waals surface area contributed by atoms with Crippen LogP contribution in [0, 0.1) is 0 Å². The van der Waals surface area contributed by atoms with Crippen LogP contribution in [0.4, 0.5) is 0 Å². The van der Waals surface area contributed by atoms with Crippen molar-refractivity contribution in [3.63, 3.8) is 0 Å². The van der Waals surface area contributed by atoms with Crippen LogP contribution in [0.25, 0.3) is 0 Å². The van der Waals surface area contributed by atoms with Crippen LogP contribution in [0.15, 0.2) is 11.4 Å². The third-order valence-electron chi connectivity index (χ3n) is 1.81. The summed E-state index contributed by atoms with van der Waals surface area (Å²) in [7, 11) is 1.64. The maximum absolute atomic E-state index is 10.8. The van der Waals surface area contributed by atoms with Gasteiger partial charge in [0.1, 0.15) is 5.75 Å². The van der Waals surface area contributed by atoms with Crippen LogP contribution in [-0.4, -0.2) is 19.7 Å². The lowest BCUT2D eigenvalue weighted by Gasteiger charge is -2.03. The first kappa shape index (κ1) is 11.0. The van der Waals surface area contributed by atoms with E-state index in [0.717, 1.165) is 17.0 Å². The maximum atomic E-state index is 10.8. The number of esters is 1. The van der Waals surface area contributed by atoms with Crippen molar-refractivity contribution in [3.8, 4) is 5.75 Å². The van der Waals surface area contributed by atoms with Crippen LogP contribution in [0.5, 0.6) is 5.75 Å². The molecule has 0 bridgehead atoms. The van der Waals surface area contributed by atoms with Gasteiger partial charge < -0.3 is 9.47 Å². The van der Waals surface area contributed by atoms with Gasteiger partial charge >= 0.3 is 5.97 Å². The number of hydrogen-bond donors (Lipinski definition) is 0. The van der Waals surface area contributed by atoms with E-state index in [0.29, 0.717) is 13.0 Å². The molecule has 0 unspecified atom stereocenters. The summed E-state index contributed by atoms with van der Waals surface area (Å²) in [4.78, 5) is 12.0. The molecule has 0 aromatic carbocycles. The molecule has 0 amide bonds. The van der Waals surface area contributed by atoms with Crippen LogP contribution in [0.3, 0.4) is 0 Å². The summed E-state index contributed by atoms with van der Waals surface area (Å²) in [5.41, 5.74) is 0. The number of thiophene rings is 1. The molecule has 78 valence electrons. The highest BCUT2D eigenvalue weighted by molar-refractivity contribution is 7.10. The Morgan fingerprint density at radius 3 is 3.00 bits per heavy atom. The van der Waals surface area contributed by atoms with Crippen molar-refractivity contribution in [2.75, 3.05) is 13.7 Å². The van der Waals surface area contributed by atoms with E-state index in [2.05, 4.69) is 0 Å². The Kier molecular flexibility index (Phi) is 4.46. The second-order valence-corrected chi connectivity index (χ2v) is 3.74. The van der Waals surface area contributed by atoms with E-state index in [1.807, 2.05) is 11.4 Å². The van der Waals surface area contributed by atoms with Gasteiger partial charge in [-0.2, -0.15) is 0 Å². The molecule has 0 radical (unpaired) electrons. The average molecular weight is 214 g/mol. The maximum Gasteiger partial charge on any atom is 0.305 e. The summed E-state index contributed by atoms with van der Waals surface area (Å²) < 4.78 is 10.1. The average Bonchev–Trinajstić information content (AvgIpc) is 2.65. The molecule has 0 aliphatic carbocycles. The Hall–Kier alpha value is -1.03. The summed E-state index contributed by atoms with van der Waals surface area (Å²) in [5, 5.41) is 1.97. The van der Waals surface area contributed by atoms with E-state index in [-0.39, 0.29) is 5.97 Å². The third kappa shape index (κ3) is 3.03. The Bertz CT molecular complexity index is 293. The second-order valence-electron chi connectivity index (χ2n) is 2.74. The minimum absolute atomic E-state index is 0.152. The Labute approximate surface area is 87.7 Å². The van der Waals surface area contributed by atoms with E-state index >= 15 is 0 Å². The first-order valence-electron chi connectivity index (χ1n) is 4.54. The monoisotopic (exact) mass is 214 g/mol. The molecular formula is C10H14O3S. The number of rotatable bonds is 5. The van der Waals surface area contributed by atoms with Gasteiger partial charge in [-0.1, -0.05) is 6.92 Å². The largest absolute Gasteiger partial charge is 0.496 e. The molecule has 1 aromatic heterocycles. The lowest BCUT2D eigenvalue weighted by Crippen LogP contribution is -2.05. The van der Waals surface area contributed by atoms with Gasteiger partial charge in [0.05, 0.1) is 13.7 Å². The summed E-state index contributed by atoms with van der Waals surface area (Å²) in [5.74, 6) is 0.725. The number of hydrogen-bond acceptors (Lipinski definition) is 4. The molecule has 1 heterocycles. The molecule has 0 saturated heterocycles. The summed E-state index contributed by atoms with van der Waals surface area (Å²) in [6.07, 6.45) is 1.16. The van der Waals surface area contributed by atoms with Crippen molar-refractivity contribution in [1.82, 2.24) is 0 Å². The molecule has 1 aromatic rings. The lowest BCUT2D eigenvalue weighted by molar-refractivity contribution is -0.143. The van der Waals surface area contributed by atoms with Gasteiger partial charge in [-0.25, -0.2) is 0 Å². The lowest BCUT2D eigenvalue weighted by atomic mass is 10.3. The zero-order valence-electron chi connectivity index (χ0n) is 8.41. The fraction of sp³-hybridized carbons (Fsp3) is 0.500. The predicted octanol–water partition coefficient (Wildman–Crippen LogP) is 2.25. The van der Waals surface area contributed by atoms with Crippen molar-refractivity contribution < 1.29 is 14.3 Å². The Morgan fingerprint density at radius 2 is 2.36 bits per heavy atom. The zero-order valence-corrected chi connectivity index (χ0v) is 9.23. The molecule has 14 heavy (non-hydrogen) atoms. The normalized spacial score (nSPS) is 9.86.